The van der Waals surface area contributed by atoms with E-state index in [1.54, 1.807) is 11.9 Å². The Morgan fingerprint density at radius 2 is 1.88 bits per heavy atom. The van der Waals surface area contributed by atoms with Gasteiger partial charge in [-0.3, -0.25) is 4.99 Å². The zero-order chi connectivity index (χ0) is 18.4. The van der Waals surface area contributed by atoms with Crippen molar-refractivity contribution in [3.05, 3.63) is 0 Å². The number of hydrogen-bond donors (Lipinski definition) is 2. The van der Waals surface area contributed by atoms with Crippen LogP contribution in [0.15, 0.2) is 4.99 Å². The van der Waals surface area contributed by atoms with Gasteiger partial charge in [0.2, 0.25) is 0 Å². The lowest BCUT2D eigenvalue weighted by Crippen LogP contribution is -2.63. The van der Waals surface area contributed by atoms with Crippen LogP contribution in [0.3, 0.4) is 0 Å². The maximum atomic E-state index is 11.9. The van der Waals surface area contributed by atoms with Gasteiger partial charge in [-0.15, -0.1) is 24.0 Å². The fraction of sp³-hybridized carbons (Fsp3) is 0.889. The second-order valence-electron chi connectivity index (χ2n) is 8.29. The molecule has 1 atom stereocenters. The van der Waals surface area contributed by atoms with Crippen molar-refractivity contribution in [1.29, 1.82) is 0 Å². The van der Waals surface area contributed by atoms with Crippen molar-refractivity contribution in [3.8, 4) is 0 Å². The number of hydrogen-bond acceptors (Lipinski definition) is 4. The molecule has 8 heteroatoms. The van der Waals surface area contributed by atoms with Crippen LogP contribution in [-0.2, 0) is 4.74 Å². The molecule has 1 unspecified atom stereocenters. The molecular formula is C18H36IN5O2. The zero-order valence-electron chi connectivity index (χ0n) is 16.9. The normalized spacial score (nSPS) is 20.2. The molecule has 0 radical (unpaired) electrons. The first-order chi connectivity index (χ1) is 11.8. The van der Waals surface area contributed by atoms with E-state index in [2.05, 4.69) is 27.4 Å². The summed E-state index contributed by atoms with van der Waals surface area (Å²) in [4.78, 5) is 20.5. The van der Waals surface area contributed by atoms with E-state index >= 15 is 0 Å². The van der Waals surface area contributed by atoms with Crippen LogP contribution in [0.1, 0.15) is 40.5 Å². The Balaban J connectivity index is 0.00000338. The van der Waals surface area contributed by atoms with E-state index in [1.165, 1.54) is 25.9 Å². The van der Waals surface area contributed by atoms with Crippen LogP contribution in [0.2, 0.25) is 0 Å². The molecule has 0 aromatic carbocycles. The lowest BCUT2D eigenvalue weighted by atomic mass is 10.1. The van der Waals surface area contributed by atoms with Gasteiger partial charge in [-0.05, 0) is 52.6 Å². The second kappa shape index (κ2) is 10.5. The molecule has 26 heavy (non-hydrogen) atoms. The molecule has 152 valence electrons. The quantitative estimate of drug-likeness (QED) is 0.358. The summed E-state index contributed by atoms with van der Waals surface area (Å²) in [5.74, 6) is 1.39. The largest absolute Gasteiger partial charge is 0.444 e. The zero-order valence-corrected chi connectivity index (χ0v) is 19.2. The summed E-state index contributed by atoms with van der Waals surface area (Å²) in [5, 5.41) is 6.78. The number of guanidine groups is 1. The summed E-state index contributed by atoms with van der Waals surface area (Å²) in [6, 6.07) is 0.229. The summed E-state index contributed by atoms with van der Waals surface area (Å²) in [7, 11) is 1.78. The molecule has 2 rings (SSSR count). The van der Waals surface area contributed by atoms with E-state index in [4.69, 9.17) is 4.74 Å². The fourth-order valence-corrected chi connectivity index (χ4v) is 3.17. The van der Waals surface area contributed by atoms with E-state index in [0.717, 1.165) is 19.0 Å². The maximum absolute atomic E-state index is 11.9. The van der Waals surface area contributed by atoms with Gasteiger partial charge in [0.25, 0.3) is 0 Å². The van der Waals surface area contributed by atoms with Crippen molar-refractivity contribution in [3.63, 3.8) is 0 Å². The first-order valence-corrected chi connectivity index (χ1v) is 9.44. The number of carbonyl (C=O) groups excluding carboxylic acids is 1. The predicted octanol–water partition coefficient (Wildman–Crippen LogP) is 2.12. The van der Waals surface area contributed by atoms with E-state index in [0.29, 0.717) is 19.0 Å². The first-order valence-electron chi connectivity index (χ1n) is 9.44. The Labute approximate surface area is 175 Å². The van der Waals surface area contributed by atoms with Crippen molar-refractivity contribution in [2.75, 3.05) is 46.3 Å². The molecule has 2 aliphatic heterocycles. The molecule has 2 fully saturated rings. The smallest absolute Gasteiger partial charge is 0.410 e. The molecule has 7 nitrogen and oxygen atoms in total. The average Bonchev–Trinajstić information content (AvgIpc) is 2.96. The van der Waals surface area contributed by atoms with Gasteiger partial charge in [-0.1, -0.05) is 6.92 Å². The third-order valence-electron chi connectivity index (χ3n) is 4.48. The molecule has 0 bridgehead atoms. The number of rotatable bonds is 5. The Hall–Kier alpha value is -0.770. The highest BCUT2D eigenvalue weighted by Gasteiger charge is 2.34. The highest BCUT2D eigenvalue weighted by molar-refractivity contribution is 14.0. The Morgan fingerprint density at radius 1 is 1.27 bits per heavy atom. The van der Waals surface area contributed by atoms with Gasteiger partial charge in [0.1, 0.15) is 5.60 Å². The van der Waals surface area contributed by atoms with Crippen LogP contribution in [0.25, 0.3) is 0 Å². The molecule has 0 aromatic heterocycles. The van der Waals surface area contributed by atoms with Gasteiger partial charge >= 0.3 is 6.09 Å². The Morgan fingerprint density at radius 3 is 2.42 bits per heavy atom. The topological polar surface area (TPSA) is 69.2 Å². The number of nitrogens with one attached hydrogen (secondary N) is 2. The highest BCUT2D eigenvalue weighted by Crippen LogP contribution is 2.15. The fourth-order valence-electron chi connectivity index (χ4n) is 3.17. The van der Waals surface area contributed by atoms with Crippen LogP contribution in [0, 0.1) is 5.92 Å². The van der Waals surface area contributed by atoms with E-state index < -0.39 is 5.60 Å². The maximum Gasteiger partial charge on any atom is 0.410 e. The molecule has 2 heterocycles. The van der Waals surface area contributed by atoms with Crippen LogP contribution < -0.4 is 10.6 Å². The van der Waals surface area contributed by atoms with Gasteiger partial charge in [0, 0.05) is 33.2 Å². The van der Waals surface area contributed by atoms with Crippen LogP contribution in [0.4, 0.5) is 4.79 Å². The Bertz CT molecular complexity index is 469. The third kappa shape index (κ3) is 7.85. The van der Waals surface area contributed by atoms with Crippen LogP contribution in [0.5, 0.6) is 0 Å². The van der Waals surface area contributed by atoms with Gasteiger partial charge in [-0.2, -0.15) is 0 Å². The molecule has 0 spiro atoms. The summed E-state index contributed by atoms with van der Waals surface area (Å²) >= 11 is 0. The second-order valence-corrected chi connectivity index (χ2v) is 8.29. The average molecular weight is 481 g/mol. The number of halogens is 1. The number of carbonyl (C=O) groups is 1. The lowest BCUT2D eigenvalue weighted by Gasteiger charge is -2.40. The van der Waals surface area contributed by atoms with E-state index in [9.17, 15) is 4.79 Å². The lowest BCUT2D eigenvalue weighted by molar-refractivity contribution is 0.00701. The van der Waals surface area contributed by atoms with Crippen molar-refractivity contribution in [2.24, 2.45) is 10.9 Å². The minimum Gasteiger partial charge on any atom is -0.444 e. The summed E-state index contributed by atoms with van der Waals surface area (Å²) < 4.78 is 5.37. The number of ether oxygens (including phenoxy) is 1. The van der Waals surface area contributed by atoms with Crippen molar-refractivity contribution in [1.82, 2.24) is 20.4 Å². The summed E-state index contributed by atoms with van der Waals surface area (Å²) in [6.07, 6.45) is 2.42. The van der Waals surface area contributed by atoms with Gasteiger partial charge < -0.3 is 25.2 Å². The number of aliphatic imine (C=N–C) groups is 1. The number of amides is 1. The summed E-state index contributed by atoms with van der Waals surface area (Å²) in [6.45, 7) is 13.7. The van der Waals surface area contributed by atoms with Gasteiger partial charge in [0.05, 0.1) is 6.04 Å². The molecule has 2 saturated heterocycles. The minimum absolute atomic E-state index is 0. The van der Waals surface area contributed by atoms with E-state index in [1.807, 2.05) is 20.8 Å². The predicted molar refractivity (Wildman–Crippen MR) is 116 cm³/mol. The van der Waals surface area contributed by atoms with E-state index in [-0.39, 0.29) is 36.1 Å². The molecule has 0 aromatic rings. The van der Waals surface area contributed by atoms with Crippen molar-refractivity contribution in [2.45, 2.75) is 52.2 Å². The monoisotopic (exact) mass is 481 g/mol. The molecular weight excluding hydrogens is 445 g/mol. The SMILES string of the molecule is CN=C(NCC(C)CN1CCCC1)NC1CN(C(=O)OC(C)(C)C)C1.I. The standard InChI is InChI=1S/C18H35N5O2.HI/c1-14(11-22-8-6-7-9-22)10-20-16(19-5)21-15-12-23(13-15)17(24)25-18(2,3)4;/h14-15H,6-13H2,1-5H3,(H2,19,20,21);1H. The minimum atomic E-state index is -0.446. The molecule has 2 N–H and O–H groups in total. The summed E-state index contributed by atoms with van der Waals surface area (Å²) in [5.41, 5.74) is -0.446. The van der Waals surface area contributed by atoms with Crippen molar-refractivity contribution >= 4 is 36.0 Å². The third-order valence-corrected chi connectivity index (χ3v) is 4.48. The molecule has 0 saturated carbocycles. The highest BCUT2D eigenvalue weighted by atomic mass is 127. The van der Waals surface area contributed by atoms with Crippen LogP contribution in [-0.4, -0.2) is 79.8 Å². The number of nitrogens with zero attached hydrogens (tertiary/aromatic N) is 3. The molecule has 0 aliphatic carbocycles. The van der Waals surface area contributed by atoms with Crippen molar-refractivity contribution < 1.29 is 9.53 Å². The van der Waals surface area contributed by atoms with Gasteiger partial charge in [0.15, 0.2) is 5.96 Å². The Kier molecular flexibility index (Phi) is 9.43. The van der Waals surface area contributed by atoms with Crippen LogP contribution >= 0.6 is 24.0 Å². The number of likely N-dealkylation sites (tertiary alicyclic amines) is 2. The first kappa shape index (κ1) is 23.3. The molecule has 1 amide bonds. The van der Waals surface area contributed by atoms with Gasteiger partial charge in [-0.25, -0.2) is 4.79 Å². The molecule has 2 aliphatic rings.